The van der Waals surface area contributed by atoms with E-state index in [-0.39, 0.29) is 11.2 Å². The molecule has 1 saturated carbocycles. The average molecular weight is 305 g/mol. The van der Waals surface area contributed by atoms with Crippen LogP contribution in [0.15, 0.2) is 29.3 Å². The molecule has 0 spiro atoms. The first-order valence-corrected chi connectivity index (χ1v) is 7.86. The van der Waals surface area contributed by atoms with Gasteiger partial charge in [0.2, 0.25) is 0 Å². The van der Waals surface area contributed by atoms with Gasteiger partial charge in [0.25, 0.3) is 0 Å². The van der Waals surface area contributed by atoms with Crippen LogP contribution in [0.3, 0.4) is 0 Å². The van der Waals surface area contributed by atoms with E-state index in [4.69, 9.17) is 4.74 Å². The Labute approximate surface area is 131 Å². The topological polar surface area (TPSA) is 45.7 Å². The predicted molar refractivity (Wildman–Crippen MR) is 85.2 cm³/mol. The zero-order chi connectivity index (χ0) is 15.7. The van der Waals surface area contributed by atoms with Gasteiger partial charge in [-0.15, -0.1) is 0 Å². The van der Waals surface area contributed by atoms with E-state index < -0.39 is 0 Å². The fourth-order valence-electron chi connectivity index (χ4n) is 3.78. The standard InChI is InChI=1S/C17H24FN3O/c1-17(2)14(12-8-9-22-15(12)17)21-16(19-3)20-10-11-6-4-5-7-13(11)18/h4-7,12,14-15H,8-10H2,1-3H3,(H2,19,20,21). The second-order valence-electron chi connectivity index (χ2n) is 6.70. The summed E-state index contributed by atoms with van der Waals surface area (Å²) in [7, 11) is 1.74. The molecule has 1 aliphatic heterocycles. The molecule has 1 heterocycles. The molecule has 0 bridgehead atoms. The summed E-state index contributed by atoms with van der Waals surface area (Å²) in [6.45, 7) is 5.71. The van der Waals surface area contributed by atoms with Crippen LogP contribution in [0.25, 0.3) is 0 Å². The number of fused-ring (bicyclic) bond motifs is 1. The normalized spacial score (nSPS) is 29.6. The number of ether oxygens (including phenoxy) is 1. The van der Waals surface area contributed by atoms with E-state index in [0.717, 1.165) is 13.0 Å². The quantitative estimate of drug-likeness (QED) is 0.665. The van der Waals surface area contributed by atoms with Gasteiger partial charge in [-0.05, 0) is 12.5 Å². The van der Waals surface area contributed by atoms with Crippen LogP contribution in [-0.4, -0.2) is 31.8 Å². The zero-order valence-electron chi connectivity index (χ0n) is 13.4. The number of hydrogen-bond donors (Lipinski definition) is 2. The van der Waals surface area contributed by atoms with Crippen LogP contribution in [-0.2, 0) is 11.3 Å². The summed E-state index contributed by atoms with van der Waals surface area (Å²) in [6.07, 6.45) is 1.44. The van der Waals surface area contributed by atoms with Crippen molar-refractivity contribution < 1.29 is 9.13 Å². The van der Waals surface area contributed by atoms with Crippen LogP contribution < -0.4 is 10.6 Å². The highest BCUT2D eigenvalue weighted by molar-refractivity contribution is 5.80. The summed E-state index contributed by atoms with van der Waals surface area (Å²) in [4.78, 5) is 4.27. The third kappa shape index (κ3) is 2.58. The lowest BCUT2D eigenvalue weighted by Gasteiger charge is -2.54. The molecule has 3 atom stereocenters. The molecule has 0 radical (unpaired) electrons. The molecule has 22 heavy (non-hydrogen) atoms. The Morgan fingerprint density at radius 1 is 1.41 bits per heavy atom. The molecular weight excluding hydrogens is 281 g/mol. The summed E-state index contributed by atoms with van der Waals surface area (Å²) in [6, 6.07) is 7.13. The van der Waals surface area contributed by atoms with Crippen LogP contribution in [0.1, 0.15) is 25.8 Å². The van der Waals surface area contributed by atoms with Gasteiger partial charge in [0.1, 0.15) is 5.82 Å². The summed E-state index contributed by atoms with van der Waals surface area (Å²) in [5.41, 5.74) is 0.733. The van der Waals surface area contributed by atoms with E-state index >= 15 is 0 Å². The first kappa shape index (κ1) is 15.3. The summed E-state index contributed by atoms with van der Waals surface area (Å²) < 4.78 is 19.5. The number of rotatable bonds is 3. The molecule has 1 aromatic rings. The van der Waals surface area contributed by atoms with Crippen molar-refractivity contribution in [3.05, 3.63) is 35.6 Å². The highest BCUT2D eigenvalue weighted by Crippen LogP contribution is 2.52. The van der Waals surface area contributed by atoms with Gasteiger partial charge in [-0.2, -0.15) is 0 Å². The fraction of sp³-hybridized carbons (Fsp3) is 0.588. The number of hydrogen-bond acceptors (Lipinski definition) is 2. The molecule has 1 saturated heterocycles. The number of halogens is 1. The maximum atomic E-state index is 13.7. The molecule has 2 fully saturated rings. The van der Waals surface area contributed by atoms with Crippen molar-refractivity contribution in [2.24, 2.45) is 16.3 Å². The number of nitrogens with one attached hydrogen (secondary N) is 2. The lowest BCUT2D eigenvalue weighted by molar-refractivity contribution is -0.106. The molecule has 4 nitrogen and oxygen atoms in total. The predicted octanol–water partition coefficient (Wildman–Crippen LogP) is 2.30. The molecule has 1 aromatic carbocycles. The Morgan fingerprint density at radius 3 is 2.91 bits per heavy atom. The van der Waals surface area contributed by atoms with Crippen LogP contribution in [0, 0.1) is 17.2 Å². The molecule has 0 amide bonds. The van der Waals surface area contributed by atoms with E-state index in [9.17, 15) is 4.39 Å². The Hall–Kier alpha value is -1.62. The van der Waals surface area contributed by atoms with Gasteiger partial charge in [0.15, 0.2) is 5.96 Å². The van der Waals surface area contributed by atoms with Crippen molar-refractivity contribution in [3.8, 4) is 0 Å². The van der Waals surface area contributed by atoms with Gasteiger partial charge in [-0.25, -0.2) is 4.39 Å². The zero-order valence-corrected chi connectivity index (χ0v) is 13.4. The molecule has 2 N–H and O–H groups in total. The molecule has 3 rings (SSSR count). The van der Waals surface area contributed by atoms with E-state index in [1.807, 2.05) is 6.07 Å². The third-order valence-electron chi connectivity index (χ3n) is 5.02. The number of nitrogens with zero attached hydrogens (tertiary/aromatic N) is 1. The molecule has 120 valence electrons. The minimum Gasteiger partial charge on any atom is -0.377 e. The fourth-order valence-corrected chi connectivity index (χ4v) is 3.78. The lowest BCUT2D eigenvalue weighted by atomic mass is 9.57. The smallest absolute Gasteiger partial charge is 0.191 e. The number of benzene rings is 1. The molecule has 5 heteroatoms. The molecular formula is C17H24FN3O. The van der Waals surface area contributed by atoms with Crippen molar-refractivity contribution in [1.82, 2.24) is 10.6 Å². The molecule has 0 aromatic heterocycles. The van der Waals surface area contributed by atoms with Gasteiger partial charge < -0.3 is 15.4 Å². The van der Waals surface area contributed by atoms with Gasteiger partial charge >= 0.3 is 0 Å². The van der Waals surface area contributed by atoms with Crippen LogP contribution in [0.4, 0.5) is 4.39 Å². The Balaban J connectivity index is 1.60. The van der Waals surface area contributed by atoms with E-state index in [2.05, 4.69) is 29.5 Å². The maximum Gasteiger partial charge on any atom is 0.191 e. The highest BCUT2D eigenvalue weighted by Gasteiger charge is 2.59. The van der Waals surface area contributed by atoms with Crippen molar-refractivity contribution in [2.45, 2.75) is 39.0 Å². The van der Waals surface area contributed by atoms with Crippen LogP contribution >= 0.6 is 0 Å². The Bertz CT molecular complexity index is 573. The second-order valence-corrected chi connectivity index (χ2v) is 6.70. The summed E-state index contributed by atoms with van der Waals surface area (Å²) in [5.74, 6) is 1.06. The van der Waals surface area contributed by atoms with Crippen LogP contribution in [0.2, 0.25) is 0 Å². The molecule has 2 aliphatic rings. The van der Waals surface area contributed by atoms with Crippen molar-refractivity contribution >= 4 is 5.96 Å². The summed E-state index contributed by atoms with van der Waals surface area (Å²) in [5, 5.41) is 6.69. The van der Waals surface area contributed by atoms with Gasteiger partial charge in [0.05, 0.1) is 6.10 Å². The molecule has 3 unspecified atom stereocenters. The number of aliphatic imine (C=N–C) groups is 1. The monoisotopic (exact) mass is 305 g/mol. The van der Waals surface area contributed by atoms with E-state index in [1.165, 1.54) is 6.07 Å². The second kappa shape index (κ2) is 5.88. The van der Waals surface area contributed by atoms with E-state index in [1.54, 1.807) is 19.2 Å². The van der Waals surface area contributed by atoms with Crippen molar-refractivity contribution in [2.75, 3.05) is 13.7 Å². The SMILES string of the molecule is CN=C(NCc1ccccc1F)NC1C2CCOC2C1(C)C. The largest absolute Gasteiger partial charge is 0.377 e. The van der Waals surface area contributed by atoms with Gasteiger partial charge in [-0.1, -0.05) is 32.0 Å². The van der Waals surface area contributed by atoms with Crippen molar-refractivity contribution in [1.29, 1.82) is 0 Å². The summed E-state index contributed by atoms with van der Waals surface area (Å²) >= 11 is 0. The van der Waals surface area contributed by atoms with E-state index in [0.29, 0.717) is 36.1 Å². The maximum absolute atomic E-state index is 13.7. The van der Waals surface area contributed by atoms with Crippen LogP contribution in [0.5, 0.6) is 0 Å². The minimum absolute atomic E-state index is 0.0940. The highest BCUT2D eigenvalue weighted by atomic mass is 19.1. The van der Waals surface area contributed by atoms with Gasteiger partial charge in [0, 0.05) is 43.1 Å². The average Bonchev–Trinajstić information content (AvgIpc) is 2.96. The van der Waals surface area contributed by atoms with Gasteiger partial charge in [-0.3, -0.25) is 4.99 Å². The molecule has 1 aliphatic carbocycles. The first-order valence-electron chi connectivity index (χ1n) is 7.86. The Kier molecular flexibility index (Phi) is 4.08. The minimum atomic E-state index is -0.196. The number of guanidine groups is 1. The first-order chi connectivity index (χ1) is 10.5. The third-order valence-corrected chi connectivity index (χ3v) is 5.02. The van der Waals surface area contributed by atoms with Crippen molar-refractivity contribution in [3.63, 3.8) is 0 Å². The Morgan fingerprint density at radius 2 is 2.18 bits per heavy atom. The lowest BCUT2D eigenvalue weighted by Crippen LogP contribution is -2.67.